The molecular formula is C16H16O3S. The summed E-state index contributed by atoms with van der Waals surface area (Å²) in [6.07, 6.45) is 0.501. The second-order valence-corrected chi connectivity index (χ2v) is 5.55. The van der Waals surface area contributed by atoms with Crippen LogP contribution in [0.2, 0.25) is 0 Å². The van der Waals surface area contributed by atoms with Crippen LogP contribution in [0.1, 0.15) is 38.9 Å². The monoisotopic (exact) mass is 288 g/mol. The van der Waals surface area contributed by atoms with E-state index in [-0.39, 0.29) is 11.8 Å². The van der Waals surface area contributed by atoms with E-state index in [4.69, 9.17) is 4.74 Å². The minimum absolute atomic E-state index is 0.142. The van der Waals surface area contributed by atoms with Crippen LogP contribution in [0.3, 0.4) is 0 Å². The van der Waals surface area contributed by atoms with Crippen molar-refractivity contribution in [3.05, 3.63) is 46.3 Å². The quantitative estimate of drug-likeness (QED) is 0.628. The number of ketones is 1. The highest BCUT2D eigenvalue weighted by atomic mass is 32.1. The third-order valence-electron chi connectivity index (χ3n) is 3.13. The van der Waals surface area contributed by atoms with E-state index in [0.29, 0.717) is 12.0 Å². The lowest BCUT2D eigenvalue weighted by atomic mass is 10.0. The molecule has 1 aromatic carbocycles. The van der Waals surface area contributed by atoms with E-state index in [2.05, 4.69) is 0 Å². The van der Waals surface area contributed by atoms with Gasteiger partial charge >= 0.3 is 5.97 Å². The molecule has 0 aliphatic carbocycles. The van der Waals surface area contributed by atoms with Crippen molar-refractivity contribution in [3.8, 4) is 10.4 Å². The van der Waals surface area contributed by atoms with Gasteiger partial charge < -0.3 is 4.74 Å². The zero-order valence-corrected chi connectivity index (χ0v) is 12.5. The third kappa shape index (κ3) is 2.80. The van der Waals surface area contributed by atoms with Crippen LogP contribution in [-0.4, -0.2) is 18.9 Å². The number of esters is 1. The van der Waals surface area contributed by atoms with E-state index in [1.807, 2.05) is 38.1 Å². The lowest BCUT2D eigenvalue weighted by Crippen LogP contribution is -2.01. The fourth-order valence-corrected chi connectivity index (χ4v) is 3.04. The minimum Gasteiger partial charge on any atom is -0.465 e. The predicted molar refractivity (Wildman–Crippen MR) is 80.5 cm³/mol. The van der Waals surface area contributed by atoms with E-state index in [9.17, 15) is 9.59 Å². The maximum atomic E-state index is 11.7. The second kappa shape index (κ2) is 6.01. The van der Waals surface area contributed by atoms with E-state index in [0.717, 1.165) is 20.9 Å². The summed E-state index contributed by atoms with van der Waals surface area (Å²) in [5.41, 5.74) is 2.55. The molecule has 2 aromatic rings. The Balaban J connectivity index is 2.44. The van der Waals surface area contributed by atoms with E-state index < -0.39 is 0 Å². The fourth-order valence-electron chi connectivity index (χ4n) is 1.94. The molecule has 0 amide bonds. The molecule has 0 spiro atoms. The number of hydrogen-bond acceptors (Lipinski definition) is 4. The van der Waals surface area contributed by atoms with Gasteiger partial charge in [0.25, 0.3) is 0 Å². The van der Waals surface area contributed by atoms with Crippen molar-refractivity contribution in [2.45, 2.75) is 20.3 Å². The maximum absolute atomic E-state index is 11.7. The topological polar surface area (TPSA) is 43.4 Å². The number of hydrogen-bond donors (Lipinski definition) is 0. The third-order valence-corrected chi connectivity index (χ3v) is 4.29. The number of ether oxygens (including phenoxy) is 1. The number of thiophene rings is 1. The van der Waals surface area contributed by atoms with Crippen molar-refractivity contribution in [2.75, 3.05) is 7.11 Å². The molecule has 1 aromatic heterocycles. The molecule has 20 heavy (non-hydrogen) atoms. The number of carbonyl (C=O) groups excluding carboxylic acids is 2. The summed E-state index contributed by atoms with van der Waals surface area (Å²) in [6, 6.07) is 9.22. The highest BCUT2D eigenvalue weighted by molar-refractivity contribution is 7.17. The Labute approximate surface area is 122 Å². The molecule has 2 rings (SSSR count). The SMILES string of the molecule is CCC(=O)c1ccc(-c2cc(C(=O)OC)ccc2C)s1. The van der Waals surface area contributed by atoms with Crippen molar-refractivity contribution in [1.82, 2.24) is 0 Å². The van der Waals surface area contributed by atoms with Gasteiger partial charge in [-0.25, -0.2) is 4.79 Å². The van der Waals surface area contributed by atoms with Gasteiger partial charge in [-0.3, -0.25) is 4.79 Å². The normalized spacial score (nSPS) is 10.3. The first-order chi connectivity index (χ1) is 9.56. The zero-order valence-electron chi connectivity index (χ0n) is 11.7. The van der Waals surface area contributed by atoms with Crippen LogP contribution in [0.5, 0.6) is 0 Å². The summed E-state index contributed by atoms with van der Waals surface area (Å²) in [7, 11) is 1.37. The Morgan fingerprint density at radius 1 is 1.20 bits per heavy atom. The second-order valence-electron chi connectivity index (χ2n) is 4.46. The van der Waals surface area contributed by atoms with Crippen LogP contribution in [0.4, 0.5) is 0 Å². The Hall–Kier alpha value is -1.94. The summed E-state index contributed by atoms with van der Waals surface area (Å²) in [4.78, 5) is 25.0. The first-order valence-electron chi connectivity index (χ1n) is 6.39. The standard InChI is InChI=1S/C16H16O3S/c1-4-13(17)15-8-7-14(20-15)12-9-11(16(18)19-3)6-5-10(12)2/h5-9H,4H2,1-3H3. The molecule has 0 bridgehead atoms. The number of carbonyl (C=O) groups is 2. The average Bonchev–Trinajstić information content (AvgIpc) is 2.95. The molecule has 0 radical (unpaired) electrons. The summed E-state index contributed by atoms with van der Waals surface area (Å²) in [5, 5.41) is 0. The van der Waals surface area contributed by atoms with Crippen molar-refractivity contribution < 1.29 is 14.3 Å². The number of benzene rings is 1. The van der Waals surface area contributed by atoms with Crippen LogP contribution in [-0.2, 0) is 4.74 Å². The molecule has 0 unspecified atom stereocenters. The minimum atomic E-state index is -0.354. The number of methoxy groups -OCH3 is 1. The molecule has 0 saturated heterocycles. The van der Waals surface area contributed by atoms with Gasteiger partial charge in [-0.2, -0.15) is 0 Å². The van der Waals surface area contributed by atoms with Gasteiger partial charge in [-0.05, 0) is 42.3 Å². The van der Waals surface area contributed by atoms with Crippen LogP contribution < -0.4 is 0 Å². The number of Topliss-reactive ketones (excluding diaryl/α,β-unsaturated/α-hetero) is 1. The lowest BCUT2D eigenvalue weighted by Gasteiger charge is -2.06. The molecule has 4 heteroatoms. The average molecular weight is 288 g/mol. The highest BCUT2D eigenvalue weighted by Gasteiger charge is 2.13. The van der Waals surface area contributed by atoms with Crippen LogP contribution >= 0.6 is 11.3 Å². The van der Waals surface area contributed by atoms with Crippen molar-refractivity contribution in [1.29, 1.82) is 0 Å². The van der Waals surface area contributed by atoms with Crippen molar-refractivity contribution >= 4 is 23.1 Å². The Morgan fingerprint density at radius 2 is 1.95 bits per heavy atom. The van der Waals surface area contributed by atoms with Gasteiger partial charge in [0.2, 0.25) is 0 Å². The zero-order chi connectivity index (χ0) is 14.7. The summed E-state index contributed by atoms with van der Waals surface area (Å²) in [6.45, 7) is 3.84. The Morgan fingerprint density at radius 3 is 2.60 bits per heavy atom. The van der Waals surface area contributed by atoms with Gasteiger partial charge in [0.1, 0.15) is 0 Å². The van der Waals surface area contributed by atoms with Gasteiger partial charge in [0, 0.05) is 11.3 Å². The van der Waals surface area contributed by atoms with Crippen molar-refractivity contribution in [3.63, 3.8) is 0 Å². The van der Waals surface area contributed by atoms with Gasteiger partial charge in [0.05, 0.1) is 17.6 Å². The Bertz CT molecular complexity index is 655. The molecule has 0 atom stereocenters. The molecule has 104 valence electrons. The summed E-state index contributed by atoms with van der Waals surface area (Å²) < 4.78 is 4.74. The summed E-state index contributed by atoms with van der Waals surface area (Å²) in [5.74, 6) is -0.212. The molecule has 0 N–H and O–H groups in total. The number of rotatable bonds is 4. The molecule has 3 nitrogen and oxygen atoms in total. The first-order valence-corrected chi connectivity index (χ1v) is 7.20. The largest absolute Gasteiger partial charge is 0.465 e. The van der Waals surface area contributed by atoms with E-state index in [1.165, 1.54) is 18.4 Å². The van der Waals surface area contributed by atoms with Gasteiger partial charge in [0.15, 0.2) is 5.78 Å². The molecule has 1 heterocycles. The van der Waals surface area contributed by atoms with Crippen LogP contribution in [0.25, 0.3) is 10.4 Å². The van der Waals surface area contributed by atoms with Gasteiger partial charge in [-0.15, -0.1) is 11.3 Å². The molecule has 0 saturated carbocycles. The van der Waals surface area contributed by atoms with Crippen LogP contribution in [0, 0.1) is 6.92 Å². The molecular weight excluding hydrogens is 272 g/mol. The lowest BCUT2D eigenvalue weighted by molar-refractivity contribution is 0.0600. The maximum Gasteiger partial charge on any atom is 0.337 e. The molecule has 0 fully saturated rings. The molecule has 0 aliphatic rings. The van der Waals surface area contributed by atoms with E-state index >= 15 is 0 Å². The summed E-state index contributed by atoms with van der Waals surface area (Å²) >= 11 is 1.46. The van der Waals surface area contributed by atoms with Crippen molar-refractivity contribution in [2.24, 2.45) is 0 Å². The van der Waals surface area contributed by atoms with E-state index in [1.54, 1.807) is 6.07 Å². The molecule has 0 aliphatic heterocycles. The number of aryl methyl sites for hydroxylation is 1. The highest BCUT2D eigenvalue weighted by Crippen LogP contribution is 2.32. The first kappa shape index (κ1) is 14.5. The smallest absolute Gasteiger partial charge is 0.337 e. The fraction of sp³-hybridized carbons (Fsp3) is 0.250. The predicted octanol–water partition coefficient (Wildman–Crippen LogP) is 4.10. The van der Waals surface area contributed by atoms with Crippen LogP contribution in [0.15, 0.2) is 30.3 Å². The Kier molecular flexibility index (Phi) is 4.35. The van der Waals surface area contributed by atoms with Gasteiger partial charge in [-0.1, -0.05) is 13.0 Å².